The second-order valence-corrected chi connectivity index (χ2v) is 5.85. The van der Waals surface area contributed by atoms with Gasteiger partial charge in [-0.05, 0) is 20.8 Å². The highest BCUT2D eigenvalue weighted by Gasteiger charge is 2.60. The maximum atomic E-state index is 13.9. The van der Waals surface area contributed by atoms with Crippen LogP contribution < -0.4 is 5.43 Å². The fraction of sp³-hybridized carbons (Fsp3) is 0.909. The number of nitrogens with one attached hydrogen (secondary N) is 1. The molecule has 5 nitrogen and oxygen atoms in total. The summed E-state index contributed by atoms with van der Waals surface area (Å²) >= 11 is 0. The Morgan fingerprint density at radius 2 is 2.06 bits per heavy atom. The quantitative estimate of drug-likeness (QED) is 0.710. The number of carbonyl (C=O) groups is 1. The first-order chi connectivity index (χ1) is 8.12. The van der Waals surface area contributed by atoms with Crippen LogP contribution in [0.15, 0.2) is 0 Å². The van der Waals surface area contributed by atoms with E-state index in [9.17, 15) is 13.6 Å². The van der Waals surface area contributed by atoms with Crippen molar-refractivity contribution in [1.82, 2.24) is 15.3 Å². The summed E-state index contributed by atoms with van der Waals surface area (Å²) in [6.45, 7) is 4.90. The zero-order chi connectivity index (χ0) is 13.7. The van der Waals surface area contributed by atoms with Gasteiger partial charge in [-0.3, -0.25) is 10.3 Å². The van der Waals surface area contributed by atoms with Gasteiger partial charge in [0.15, 0.2) is 0 Å². The van der Waals surface area contributed by atoms with Crippen LogP contribution >= 0.6 is 0 Å². The number of fused-ring (bicyclic) bond motifs is 1. The molecule has 0 aliphatic carbocycles. The molecule has 2 rings (SSSR count). The van der Waals surface area contributed by atoms with Gasteiger partial charge in [-0.1, -0.05) is 0 Å². The van der Waals surface area contributed by atoms with Crippen molar-refractivity contribution in [3.63, 3.8) is 0 Å². The summed E-state index contributed by atoms with van der Waals surface area (Å²) in [5, 5.41) is 1.38. The molecule has 0 aromatic heterocycles. The molecule has 2 fully saturated rings. The Bertz CT molecular complexity index is 357. The number of halogens is 2. The average molecular weight is 263 g/mol. The van der Waals surface area contributed by atoms with E-state index in [2.05, 4.69) is 5.43 Å². The molecule has 1 N–H and O–H groups in total. The number of likely N-dealkylation sites (N-methyl/N-ethyl adjacent to an activating group) is 1. The van der Waals surface area contributed by atoms with Crippen LogP contribution in [0.1, 0.15) is 20.8 Å². The Balaban J connectivity index is 2.14. The predicted molar refractivity (Wildman–Crippen MR) is 61.2 cm³/mol. The first kappa shape index (κ1) is 13.5. The lowest BCUT2D eigenvalue weighted by molar-refractivity contribution is -0.0492. The number of alkyl halides is 2. The van der Waals surface area contributed by atoms with E-state index in [0.29, 0.717) is 6.54 Å². The lowest BCUT2D eigenvalue weighted by Crippen LogP contribution is -2.45. The molecule has 2 atom stereocenters. The third kappa shape index (κ3) is 2.29. The molecule has 0 saturated carbocycles. The second kappa shape index (κ2) is 4.03. The van der Waals surface area contributed by atoms with E-state index in [1.807, 2.05) is 0 Å². The Kier molecular flexibility index (Phi) is 3.02. The molecule has 0 spiro atoms. The summed E-state index contributed by atoms with van der Waals surface area (Å²) in [4.78, 5) is 13.1. The van der Waals surface area contributed by atoms with Crippen molar-refractivity contribution in [2.75, 3.05) is 20.1 Å². The molecular weight excluding hydrogens is 244 g/mol. The van der Waals surface area contributed by atoms with Crippen molar-refractivity contribution in [3.05, 3.63) is 0 Å². The van der Waals surface area contributed by atoms with Gasteiger partial charge in [0, 0.05) is 13.6 Å². The van der Waals surface area contributed by atoms with Crippen LogP contribution in [0.5, 0.6) is 0 Å². The third-order valence-corrected chi connectivity index (χ3v) is 3.17. The minimum atomic E-state index is -2.92. The molecule has 7 heteroatoms. The van der Waals surface area contributed by atoms with Gasteiger partial charge in [-0.25, -0.2) is 18.6 Å². The van der Waals surface area contributed by atoms with Gasteiger partial charge >= 0.3 is 6.09 Å². The summed E-state index contributed by atoms with van der Waals surface area (Å²) < 4.78 is 32.9. The Hall–Kier alpha value is -0.950. The van der Waals surface area contributed by atoms with Crippen LogP contribution in [0.4, 0.5) is 13.6 Å². The first-order valence-corrected chi connectivity index (χ1v) is 5.95. The number of amides is 1. The summed E-state index contributed by atoms with van der Waals surface area (Å²) in [5.74, 6) is -2.92. The minimum Gasteiger partial charge on any atom is -0.444 e. The fourth-order valence-electron chi connectivity index (χ4n) is 2.51. The molecule has 0 radical (unpaired) electrons. The van der Waals surface area contributed by atoms with E-state index in [1.54, 1.807) is 27.8 Å². The summed E-state index contributed by atoms with van der Waals surface area (Å²) in [5.41, 5.74) is 2.15. The summed E-state index contributed by atoms with van der Waals surface area (Å²) in [7, 11) is 1.57. The molecule has 104 valence electrons. The van der Waals surface area contributed by atoms with Crippen molar-refractivity contribution in [3.8, 4) is 0 Å². The fourth-order valence-corrected chi connectivity index (χ4v) is 2.51. The van der Waals surface area contributed by atoms with Crippen LogP contribution in [0.2, 0.25) is 0 Å². The third-order valence-electron chi connectivity index (χ3n) is 3.17. The largest absolute Gasteiger partial charge is 0.444 e. The maximum Gasteiger partial charge on any atom is 0.410 e. The topological polar surface area (TPSA) is 44.8 Å². The van der Waals surface area contributed by atoms with Gasteiger partial charge in [-0.2, -0.15) is 0 Å². The number of nitrogens with zero attached hydrogens (tertiary/aromatic N) is 2. The van der Waals surface area contributed by atoms with E-state index < -0.39 is 36.2 Å². The first-order valence-electron chi connectivity index (χ1n) is 5.95. The van der Waals surface area contributed by atoms with Gasteiger partial charge in [0.2, 0.25) is 0 Å². The number of ether oxygens (including phenoxy) is 1. The number of hydrogen-bond acceptors (Lipinski definition) is 4. The monoisotopic (exact) mass is 263 g/mol. The van der Waals surface area contributed by atoms with E-state index >= 15 is 0 Å². The second-order valence-electron chi connectivity index (χ2n) is 5.85. The molecule has 2 saturated heterocycles. The highest BCUT2D eigenvalue weighted by molar-refractivity contribution is 5.69. The highest BCUT2D eigenvalue weighted by Crippen LogP contribution is 2.38. The van der Waals surface area contributed by atoms with Crippen molar-refractivity contribution < 1.29 is 18.3 Å². The van der Waals surface area contributed by atoms with Gasteiger partial charge in [-0.15, -0.1) is 0 Å². The zero-order valence-electron chi connectivity index (χ0n) is 11.0. The summed E-state index contributed by atoms with van der Waals surface area (Å²) in [6, 6.07) is -1.52. The zero-order valence-corrected chi connectivity index (χ0v) is 11.0. The Morgan fingerprint density at radius 1 is 1.44 bits per heavy atom. The molecule has 0 bridgehead atoms. The average Bonchev–Trinajstić information content (AvgIpc) is 2.65. The molecule has 2 aliphatic heterocycles. The maximum absolute atomic E-state index is 13.9. The Labute approximate surface area is 105 Å². The smallest absolute Gasteiger partial charge is 0.410 e. The normalized spacial score (nSPS) is 31.6. The SMILES string of the molecule is CN1NC[C@H]2[C@@H]1C(F)(F)CN2C(=O)OC(C)(C)C. The molecule has 2 aliphatic rings. The lowest BCUT2D eigenvalue weighted by atomic mass is 10.1. The van der Waals surface area contributed by atoms with Crippen molar-refractivity contribution >= 4 is 6.09 Å². The number of hydrazine groups is 1. The number of likely N-dealkylation sites (tertiary alicyclic amines) is 1. The summed E-state index contributed by atoms with van der Waals surface area (Å²) in [6.07, 6.45) is -0.674. The van der Waals surface area contributed by atoms with E-state index in [4.69, 9.17) is 4.74 Å². The van der Waals surface area contributed by atoms with E-state index in [1.165, 1.54) is 5.01 Å². The molecule has 18 heavy (non-hydrogen) atoms. The molecule has 1 amide bonds. The number of carbonyl (C=O) groups excluding carboxylic acids is 1. The lowest BCUT2D eigenvalue weighted by Gasteiger charge is -2.27. The molecular formula is C11H19F2N3O2. The molecule has 2 heterocycles. The Morgan fingerprint density at radius 3 is 2.61 bits per heavy atom. The van der Waals surface area contributed by atoms with Crippen molar-refractivity contribution in [1.29, 1.82) is 0 Å². The standard InChI is InChI=1S/C11H19F2N3O2/c1-10(2,3)18-9(17)16-6-11(12,13)8-7(16)5-14-15(8)4/h7-8,14H,5-6H2,1-4H3/t7-,8+/m0/s1. The highest BCUT2D eigenvalue weighted by atomic mass is 19.3. The molecule has 0 aromatic rings. The van der Waals surface area contributed by atoms with Crippen LogP contribution in [0, 0.1) is 0 Å². The van der Waals surface area contributed by atoms with Crippen molar-refractivity contribution in [2.45, 2.75) is 44.4 Å². The van der Waals surface area contributed by atoms with E-state index in [0.717, 1.165) is 4.90 Å². The number of rotatable bonds is 0. The van der Waals surface area contributed by atoms with E-state index in [-0.39, 0.29) is 0 Å². The van der Waals surface area contributed by atoms with Gasteiger partial charge in [0.1, 0.15) is 11.6 Å². The van der Waals surface area contributed by atoms with Crippen molar-refractivity contribution in [2.24, 2.45) is 0 Å². The van der Waals surface area contributed by atoms with Gasteiger partial charge < -0.3 is 4.74 Å². The molecule has 0 unspecified atom stereocenters. The van der Waals surface area contributed by atoms with Gasteiger partial charge in [0.05, 0.1) is 12.6 Å². The van der Waals surface area contributed by atoms with Crippen LogP contribution in [-0.4, -0.2) is 59.7 Å². The van der Waals surface area contributed by atoms with Crippen LogP contribution in [-0.2, 0) is 4.74 Å². The van der Waals surface area contributed by atoms with Crippen LogP contribution in [0.3, 0.4) is 0 Å². The predicted octanol–water partition coefficient (Wildman–Crippen LogP) is 1.06. The minimum absolute atomic E-state index is 0.329. The molecule has 0 aromatic carbocycles. The number of hydrogen-bond donors (Lipinski definition) is 1. The van der Waals surface area contributed by atoms with Gasteiger partial charge in [0.25, 0.3) is 5.92 Å². The van der Waals surface area contributed by atoms with Crippen LogP contribution in [0.25, 0.3) is 0 Å².